The maximum Gasteiger partial charge on any atom is 0.262 e. The minimum Gasteiger partial charge on any atom is -0.456 e. The van der Waals surface area contributed by atoms with Gasteiger partial charge in [-0.3, -0.25) is 13.9 Å². The average Bonchev–Trinajstić information content (AvgIpc) is 3.40. The van der Waals surface area contributed by atoms with Gasteiger partial charge in [0.25, 0.3) is 11.8 Å². The van der Waals surface area contributed by atoms with Gasteiger partial charge in [0.05, 0.1) is 17.5 Å². The summed E-state index contributed by atoms with van der Waals surface area (Å²) in [4.78, 5) is 32.7. The van der Waals surface area contributed by atoms with Gasteiger partial charge in [0.1, 0.15) is 22.7 Å². The third-order valence-electron chi connectivity index (χ3n) is 7.73. The number of carbonyl (C=O) groups excluding carboxylic acids is 2. The van der Waals surface area contributed by atoms with Gasteiger partial charge in [-0.1, -0.05) is 42.0 Å². The molecule has 0 radical (unpaired) electrons. The number of hydrogen-bond donors (Lipinski definition) is 1. The Morgan fingerprint density at radius 3 is 2.42 bits per heavy atom. The average molecular weight is 629 g/mol. The van der Waals surface area contributed by atoms with Gasteiger partial charge in [0, 0.05) is 55.0 Å². The zero-order chi connectivity index (χ0) is 32.0. The summed E-state index contributed by atoms with van der Waals surface area (Å²) in [5.74, 6) is -0.658. The van der Waals surface area contributed by atoms with E-state index >= 15 is 0 Å². The van der Waals surface area contributed by atoms with Crippen molar-refractivity contribution in [2.45, 2.75) is 13.5 Å². The topological polar surface area (TPSA) is 122 Å². The van der Waals surface area contributed by atoms with Gasteiger partial charge in [-0.15, -0.1) is 0 Å². The molecule has 1 aliphatic heterocycles. The van der Waals surface area contributed by atoms with Crippen LogP contribution in [0.4, 0.5) is 10.1 Å². The highest BCUT2D eigenvalue weighted by molar-refractivity contribution is 7.92. The number of fused-ring (bicyclic) bond motifs is 2. The lowest BCUT2D eigenvalue weighted by Crippen LogP contribution is -2.38. The van der Waals surface area contributed by atoms with Crippen LogP contribution in [0.15, 0.2) is 77.3 Å². The molecule has 6 rings (SSSR count). The molecule has 2 amide bonds. The lowest BCUT2D eigenvalue weighted by molar-refractivity contribution is 0.0485. The number of hydrogen-bond acceptors (Lipinski definition) is 7. The molecule has 0 fully saturated rings. The quantitative estimate of drug-likeness (QED) is 0.258. The van der Waals surface area contributed by atoms with Crippen LogP contribution in [0.25, 0.3) is 33.4 Å². The van der Waals surface area contributed by atoms with Crippen LogP contribution in [0.2, 0.25) is 0 Å². The molecule has 0 bridgehead atoms. The van der Waals surface area contributed by atoms with Gasteiger partial charge in [-0.25, -0.2) is 17.8 Å². The van der Waals surface area contributed by atoms with E-state index in [0.717, 1.165) is 21.7 Å². The van der Waals surface area contributed by atoms with Crippen molar-refractivity contribution < 1.29 is 31.6 Å². The van der Waals surface area contributed by atoms with Crippen LogP contribution in [-0.4, -0.2) is 57.2 Å². The fourth-order valence-electron chi connectivity index (χ4n) is 5.22. The molecule has 45 heavy (non-hydrogen) atoms. The summed E-state index contributed by atoms with van der Waals surface area (Å²) in [6.45, 7) is 2.09. The summed E-state index contributed by atoms with van der Waals surface area (Å²) in [5.41, 5.74) is 4.25. The van der Waals surface area contributed by atoms with Gasteiger partial charge in [-0.2, -0.15) is 0 Å². The maximum absolute atomic E-state index is 13.6. The molecule has 0 saturated heterocycles. The summed E-state index contributed by atoms with van der Waals surface area (Å²) in [6.07, 6.45) is 2.57. The first-order valence-corrected chi connectivity index (χ1v) is 15.8. The molecular weight excluding hydrogens is 599 g/mol. The molecule has 0 unspecified atom stereocenters. The summed E-state index contributed by atoms with van der Waals surface area (Å²) in [7, 11) is -0.817. The lowest BCUT2D eigenvalue weighted by Gasteiger charge is -2.28. The van der Waals surface area contributed by atoms with Crippen molar-refractivity contribution in [3.8, 4) is 28.3 Å². The van der Waals surface area contributed by atoms with E-state index in [9.17, 15) is 22.4 Å². The van der Waals surface area contributed by atoms with Crippen LogP contribution < -0.4 is 14.4 Å². The van der Waals surface area contributed by atoms with Crippen LogP contribution in [-0.2, 0) is 16.6 Å². The number of ether oxygens (including phenoxy) is 1. The minimum atomic E-state index is -3.75. The van der Waals surface area contributed by atoms with Crippen molar-refractivity contribution in [3.63, 3.8) is 0 Å². The molecule has 0 saturated carbocycles. The second kappa shape index (κ2) is 11.4. The third-order valence-corrected chi connectivity index (χ3v) is 8.93. The molecule has 2 aromatic heterocycles. The number of amides is 2. The maximum atomic E-state index is 13.6. The van der Waals surface area contributed by atoms with Crippen LogP contribution >= 0.6 is 0 Å². The van der Waals surface area contributed by atoms with Gasteiger partial charge in [0.2, 0.25) is 15.9 Å². The number of carbonyl (C=O) groups is 2. The van der Waals surface area contributed by atoms with E-state index in [1.807, 2.05) is 31.2 Å². The molecular formula is C33H29FN4O6S. The van der Waals surface area contributed by atoms with E-state index in [1.54, 1.807) is 30.3 Å². The zero-order valence-corrected chi connectivity index (χ0v) is 25.7. The minimum absolute atomic E-state index is 0.0458. The molecule has 0 atom stereocenters. The van der Waals surface area contributed by atoms with Crippen molar-refractivity contribution >= 4 is 38.5 Å². The Labute approximate surface area is 259 Å². The predicted octanol–water partition coefficient (Wildman–Crippen LogP) is 5.36. The van der Waals surface area contributed by atoms with Gasteiger partial charge >= 0.3 is 0 Å². The monoisotopic (exact) mass is 628 g/mol. The second-order valence-corrected chi connectivity index (χ2v) is 12.8. The number of aryl methyl sites for hydroxylation is 1. The zero-order valence-electron chi connectivity index (χ0n) is 24.9. The van der Waals surface area contributed by atoms with Crippen molar-refractivity contribution in [2.75, 3.05) is 31.4 Å². The number of benzene rings is 3. The number of halogens is 1. The SMILES string of the molecule is CNC(=O)c1c(-c2ccc(C)cc2)oc2cc(N(C)S(C)(=O)=O)c(-c3cnc4c(c3)C(=O)N(Cc3ccc(F)cc3)CO4)cc12. The molecule has 12 heteroatoms. The molecule has 230 valence electrons. The molecule has 10 nitrogen and oxygen atoms in total. The lowest BCUT2D eigenvalue weighted by atomic mass is 9.98. The first-order valence-electron chi connectivity index (χ1n) is 13.9. The summed E-state index contributed by atoms with van der Waals surface area (Å²) >= 11 is 0. The Morgan fingerprint density at radius 2 is 1.76 bits per heavy atom. The number of pyridine rings is 1. The van der Waals surface area contributed by atoms with E-state index in [0.29, 0.717) is 33.4 Å². The Hall–Kier alpha value is -5.23. The number of furan rings is 1. The fourth-order valence-corrected chi connectivity index (χ4v) is 5.73. The number of rotatable bonds is 7. The first kappa shape index (κ1) is 29.8. The van der Waals surface area contributed by atoms with E-state index in [-0.39, 0.29) is 53.6 Å². The molecule has 1 aliphatic rings. The second-order valence-electron chi connectivity index (χ2n) is 10.8. The molecule has 1 N–H and O–H groups in total. The number of anilines is 1. The highest BCUT2D eigenvalue weighted by Crippen LogP contribution is 2.42. The number of nitrogens with zero attached hydrogens (tertiary/aromatic N) is 3. The predicted molar refractivity (Wildman–Crippen MR) is 168 cm³/mol. The van der Waals surface area contributed by atoms with Crippen LogP contribution in [0, 0.1) is 12.7 Å². The third kappa shape index (κ3) is 5.60. The van der Waals surface area contributed by atoms with Crippen LogP contribution in [0.1, 0.15) is 31.8 Å². The van der Waals surface area contributed by atoms with E-state index in [1.165, 1.54) is 37.3 Å². The standard InChI is InChI=1S/C33H29FN4O6S/c1-19-5-9-21(10-6-19)30-29(31(39)35-2)25-14-24(27(15-28(25)44-30)37(3)45(4,41)42)22-13-26-32(36-16-22)43-18-38(33(26)40)17-20-7-11-23(34)12-8-20/h5-16H,17-18H2,1-4H3,(H,35,39). The van der Waals surface area contributed by atoms with Crippen LogP contribution in [0.5, 0.6) is 5.88 Å². The molecule has 0 spiro atoms. The summed E-state index contributed by atoms with van der Waals surface area (Å²) in [5, 5.41) is 3.12. The van der Waals surface area contributed by atoms with Crippen LogP contribution in [0.3, 0.4) is 0 Å². The first-order chi connectivity index (χ1) is 21.4. The highest BCUT2D eigenvalue weighted by Gasteiger charge is 2.30. The Kier molecular flexibility index (Phi) is 7.53. The van der Waals surface area contributed by atoms with E-state index < -0.39 is 10.0 Å². The number of sulfonamides is 1. The Bertz CT molecular complexity index is 2080. The van der Waals surface area contributed by atoms with Gasteiger partial charge in [0.15, 0.2) is 6.73 Å². The largest absolute Gasteiger partial charge is 0.456 e. The smallest absolute Gasteiger partial charge is 0.262 e. The Balaban J connectivity index is 1.51. The summed E-state index contributed by atoms with van der Waals surface area (Å²) in [6, 6.07) is 18.2. The van der Waals surface area contributed by atoms with Crippen molar-refractivity contribution in [2.24, 2.45) is 0 Å². The van der Waals surface area contributed by atoms with Crippen molar-refractivity contribution in [1.82, 2.24) is 15.2 Å². The van der Waals surface area contributed by atoms with Gasteiger partial charge in [-0.05, 0) is 36.8 Å². The molecule has 0 aliphatic carbocycles. The summed E-state index contributed by atoms with van der Waals surface area (Å²) < 4.78 is 52.0. The highest BCUT2D eigenvalue weighted by atomic mass is 32.2. The fraction of sp³-hybridized carbons (Fsp3) is 0.182. The number of nitrogens with one attached hydrogen (secondary N) is 1. The molecule has 5 aromatic rings. The van der Waals surface area contributed by atoms with E-state index in [4.69, 9.17) is 9.15 Å². The molecule has 3 aromatic carbocycles. The molecule has 3 heterocycles. The number of aromatic nitrogens is 1. The Morgan fingerprint density at radius 1 is 1.04 bits per heavy atom. The van der Waals surface area contributed by atoms with E-state index in [2.05, 4.69) is 10.3 Å². The normalized spacial score (nSPS) is 13.0. The van der Waals surface area contributed by atoms with Crippen molar-refractivity contribution in [1.29, 1.82) is 0 Å². The van der Waals surface area contributed by atoms with Gasteiger partial charge < -0.3 is 19.4 Å². The van der Waals surface area contributed by atoms with Crippen molar-refractivity contribution in [3.05, 3.63) is 101 Å².